The Balaban J connectivity index is 2.19. The van der Waals surface area contributed by atoms with E-state index in [1.165, 1.54) is 19.5 Å². The van der Waals surface area contributed by atoms with Crippen molar-refractivity contribution in [3.05, 3.63) is 0 Å². The van der Waals surface area contributed by atoms with Crippen molar-refractivity contribution in [3.63, 3.8) is 0 Å². The summed E-state index contributed by atoms with van der Waals surface area (Å²) in [5, 5.41) is 7.08. The van der Waals surface area contributed by atoms with Crippen LogP contribution in [0.3, 0.4) is 0 Å². The summed E-state index contributed by atoms with van der Waals surface area (Å²) >= 11 is 0. The second-order valence-corrected chi connectivity index (χ2v) is 7.73. The third-order valence-electron chi connectivity index (χ3n) is 5.11. The summed E-state index contributed by atoms with van der Waals surface area (Å²) in [6.07, 6.45) is 1.25. The number of nitrogens with one attached hydrogen (secondary N) is 2. The first-order valence-corrected chi connectivity index (χ1v) is 7.89. The highest BCUT2D eigenvalue weighted by Gasteiger charge is 2.32. The molecule has 0 aromatic heterocycles. The van der Waals surface area contributed by atoms with E-state index in [-0.39, 0.29) is 0 Å². The van der Waals surface area contributed by atoms with Crippen molar-refractivity contribution in [2.75, 3.05) is 39.3 Å². The Bertz CT molecular complexity index is 249. The minimum atomic E-state index is 0.339. The minimum Gasteiger partial charge on any atom is -0.316 e. The topological polar surface area (TPSA) is 27.3 Å². The van der Waals surface area contributed by atoms with E-state index in [4.69, 9.17) is 0 Å². The summed E-state index contributed by atoms with van der Waals surface area (Å²) in [5.74, 6) is 0. The molecule has 3 nitrogen and oxygen atoms in total. The fourth-order valence-electron chi connectivity index (χ4n) is 2.28. The Kier molecular flexibility index (Phi) is 6.28. The van der Waals surface area contributed by atoms with Crippen LogP contribution >= 0.6 is 0 Å². The van der Waals surface area contributed by atoms with Crippen molar-refractivity contribution in [2.24, 2.45) is 10.8 Å². The molecule has 1 rings (SSSR count). The minimum absolute atomic E-state index is 0.339. The molecule has 0 aromatic rings. The number of hydrogen-bond donors (Lipinski definition) is 2. The lowest BCUT2D eigenvalue weighted by Gasteiger charge is -2.39. The lowest BCUT2D eigenvalue weighted by molar-refractivity contribution is 0.126. The van der Waals surface area contributed by atoms with E-state index in [2.05, 4.69) is 57.1 Å². The van der Waals surface area contributed by atoms with Gasteiger partial charge in [-0.2, -0.15) is 0 Å². The summed E-state index contributed by atoms with van der Waals surface area (Å²) in [4.78, 5) is 2.60. The van der Waals surface area contributed by atoms with Crippen LogP contribution in [-0.2, 0) is 0 Å². The molecule has 0 bridgehead atoms. The molecule has 1 atom stereocenters. The highest BCUT2D eigenvalue weighted by Crippen LogP contribution is 2.36. The summed E-state index contributed by atoms with van der Waals surface area (Å²) in [6, 6.07) is 0.701. The maximum atomic E-state index is 3.66. The van der Waals surface area contributed by atoms with Gasteiger partial charge in [0.2, 0.25) is 0 Å². The fraction of sp³-hybridized carbons (Fsp3) is 1.00. The van der Waals surface area contributed by atoms with Gasteiger partial charge >= 0.3 is 0 Å². The van der Waals surface area contributed by atoms with Gasteiger partial charge in [0.05, 0.1) is 0 Å². The smallest absolute Gasteiger partial charge is 0.0110 e. The average molecular weight is 269 g/mol. The molecule has 0 radical (unpaired) electrons. The molecule has 0 spiro atoms. The highest BCUT2D eigenvalue weighted by atomic mass is 15.2. The lowest BCUT2D eigenvalue weighted by atomic mass is 9.69. The molecule has 0 saturated carbocycles. The van der Waals surface area contributed by atoms with Crippen molar-refractivity contribution >= 4 is 0 Å². The van der Waals surface area contributed by atoms with Gasteiger partial charge in [-0.15, -0.1) is 0 Å². The van der Waals surface area contributed by atoms with E-state index in [9.17, 15) is 0 Å². The molecular weight excluding hydrogens is 234 g/mol. The van der Waals surface area contributed by atoms with Crippen molar-refractivity contribution in [1.29, 1.82) is 0 Å². The van der Waals surface area contributed by atoms with Crippen LogP contribution in [0.15, 0.2) is 0 Å². The molecule has 1 unspecified atom stereocenters. The highest BCUT2D eigenvalue weighted by molar-refractivity contribution is 4.84. The molecule has 2 N–H and O–H groups in total. The third kappa shape index (κ3) is 5.41. The van der Waals surface area contributed by atoms with Crippen molar-refractivity contribution < 1.29 is 0 Å². The maximum absolute atomic E-state index is 3.66. The summed E-state index contributed by atoms with van der Waals surface area (Å²) in [6.45, 7) is 21.0. The van der Waals surface area contributed by atoms with Gasteiger partial charge in [0.25, 0.3) is 0 Å². The van der Waals surface area contributed by atoms with Crippen molar-refractivity contribution in [2.45, 2.75) is 54.0 Å². The maximum Gasteiger partial charge on any atom is 0.0110 e. The SMILES string of the molecule is CC(CCNCC(C)(C)C(C)(C)C)N1CCNCC1. The molecule has 1 saturated heterocycles. The van der Waals surface area contributed by atoms with Crippen LogP contribution in [0.4, 0.5) is 0 Å². The molecule has 0 aromatic carbocycles. The normalized spacial score (nSPS) is 20.5. The van der Waals surface area contributed by atoms with Gasteiger partial charge in [-0.3, -0.25) is 4.90 Å². The van der Waals surface area contributed by atoms with Gasteiger partial charge in [0.1, 0.15) is 0 Å². The van der Waals surface area contributed by atoms with Crippen molar-refractivity contribution in [3.8, 4) is 0 Å². The number of rotatable bonds is 6. The molecule has 19 heavy (non-hydrogen) atoms. The van der Waals surface area contributed by atoms with Crippen LogP contribution in [0.5, 0.6) is 0 Å². The van der Waals surface area contributed by atoms with E-state index in [1.54, 1.807) is 0 Å². The summed E-state index contributed by atoms with van der Waals surface area (Å²) < 4.78 is 0. The summed E-state index contributed by atoms with van der Waals surface area (Å²) in [7, 11) is 0. The van der Waals surface area contributed by atoms with Crippen LogP contribution in [-0.4, -0.2) is 50.2 Å². The Morgan fingerprint density at radius 2 is 1.68 bits per heavy atom. The quantitative estimate of drug-likeness (QED) is 0.725. The zero-order chi connectivity index (χ0) is 14.5. The van der Waals surface area contributed by atoms with E-state index in [0.717, 1.165) is 26.2 Å². The number of nitrogens with zero attached hydrogens (tertiary/aromatic N) is 1. The standard InChI is InChI=1S/C16H35N3/c1-14(19-11-9-17-10-12-19)7-8-18-13-16(5,6)15(2,3)4/h14,17-18H,7-13H2,1-6H3. The molecule has 114 valence electrons. The summed E-state index contributed by atoms with van der Waals surface area (Å²) in [5.41, 5.74) is 0.690. The fourth-order valence-corrected chi connectivity index (χ4v) is 2.28. The number of piperazine rings is 1. The Hall–Kier alpha value is -0.120. The van der Waals surface area contributed by atoms with E-state index in [0.29, 0.717) is 16.9 Å². The van der Waals surface area contributed by atoms with Gasteiger partial charge in [-0.25, -0.2) is 0 Å². The van der Waals surface area contributed by atoms with Gasteiger partial charge in [-0.05, 0) is 30.7 Å². The van der Waals surface area contributed by atoms with Crippen LogP contribution in [0, 0.1) is 10.8 Å². The lowest BCUT2D eigenvalue weighted by Crippen LogP contribution is -2.48. The Labute approximate surface area is 120 Å². The van der Waals surface area contributed by atoms with Crippen LogP contribution < -0.4 is 10.6 Å². The zero-order valence-corrected chi connectivity index (χ0v) is 14.0. The predicted octanol–water partition coefficient (Wildman–Crippen LogP) is 2.33. The molecule has 3 heteroatoms. The molecule has 0 aliphatic carbocycles. The monoisotopic (exact) mass is 269 g/mol. The third-order valence-corrected chi connectivity index (χ3v) is 5.11. The van der Waals surface area contributed by atoms with Crippen LogP contribution in [0.2, 0.25) is 0 Å². The Morgan fingerprint density at radius 3 is 2.21 bits per heavy atom. The van der Waals surface area contributed by atoms with Gasteiger partial charge in [0.15, 0.2) is 0 Å². The molecule has 1 heterocycles. The van der Waals surface area contributed by atoms with Gasteiger partial charge < -0.3 is 10.6 Å². The zero-order valence-electron chi connectivity index (χ0n) is 14.0. The predicted molar refractivity (Wildman–Crippen MR) is 84.6 cm³/mol. The first-order chi connectivity index (χ1) is 8.74. The number of hydrogen-bond acceptors (Lipinski definition) is 3. The van der Waals surface area contributed by atoms with Crippen LogP contribution in [0.1, 0.15) is 48.0 Å². The van der Waals surface area contributed by atoms with E-state index >= 15 is 0 Å². The van der Waals surface area contributed by atoms with Gasteiger partial charge in [-0.1, -0.05) is 34.6 Å². The second kappa shape index (κ2) is 7.05. The van der Waals surface area contributed by atoms with Crippen LogP contribution in [0.25, 0.3) is 0 Å². The molecule has 1 aliphatic heterocycles. The largest absolute Gasteiger partial charge is 0.316 e. The van der Waals surface area contributed by atoms with E-state index < -0.39 is 0 Å². The van der Waals surface area contributed by atoms with Crippen molar-refractivity contribution in [1.82, 2.24) is 15.5 Å². The molecule has 1 fully saturated rings. The Morgan fingerprint density at radius 1 is 1.11 bits per heavy atom. The first kappa shape index (κ1) is 16.9. The molecular formula is C16H35N3. The second-order valence-electron chi connectivity index (χ2n) is 7.73. The molecule has 1 aliphatic rings. The first-order valence-electron chi connectivity index (χ1n) is 7.89. The van der Waals surface area contributed by atoms with Gasteiger partial charge in [0, 0.05) is 38.8 Å². The molecule has 0 amide bonds. The van der Waals surface area contributed by atoms with E-state index in [1.807, 2.05) is 0 Å². The average Bonchev–Trinajstić information content (AvgIpc) is 2.34.